The zero-order chi connectivity index (χ0) is 12.4. The fourth-order valence-corrected chi connectivity index (χ4v) is 1.61. The minimum Gasteiger partial charge on any atom is -0.237 e. The molecule has 90 valence electrons. The third-order valence-electron chi connectivity index (χ3n) is 2.55. The molecule has 0 radical (unpaired) electrons. The number of hydrogen-bond donors (Lipinski definition) is 0. The van der Waals surface area contributed by atoms with Crippen LogP contribution in [0.3, 0.4) is 0 Å². The molecule has 2 heterocycles. The minimum absolute atomic E-state index is 0.331. The normalized spacial score (nSPS) is 11.4. The van der Waals surface area contributed by atoms with Crippen LogP contribution in [-0.4, -0.2) is 19.7 Å². The second-order valence-electron chi connectivity index (χ2n) is 4.74. The van der Waals surface area contributed by atoms with Gasteiger partial charge < -0.3 is 0 Å². The van der Waals surface area contributed by atoms with E-state index >= 15 is 0 Å². The Hall–Kier alpha value is -1.71. The highest BCUT2D eigenvalue weighted by atomic mass is 15.4. The lowest BCUT2D eigenvalue weighted by molar-refractivity contribution is 0.698. The summed E-state index contributed by atoms with van der Waals surface area (Å²) in [6.45, 7) is 8.44. The fourth-order valence-electron chi connectivity index (χ4n) is 1.61. The zero-order valence-corrected chi connectivity index (χ0v) is 10.8. The number of rotatable bonds is 3. The van der Waals surface area contributed by atoms with Crippen molar-refractivity contribution < 1.29 is 0 Å². The molecule has 2 rings (SSSR count). The van der Waals surface area contributed by atoms with Gasteiger partial charge in [0.25, 0.3) is 0 Å². The van der Waals surface area contributed by atoms with Crippen molar-refractivity contribution in [3.63, 3.8) is 0 Å². The molecule has 0 spiro atoms. The molecule has 0 aliphatic rings. The summed E-state index contributed by atoms with van der Waals surface area (Å²) in [6.07, 6.45) is 1.77. The Kier molecular flexibility index (Phi) is 3.22. The van der Waals surface area contributed by atoms with Crippen LogP contribution in [0.5, 0.6) is 0 Å². The molecule has 0 fully saturated rings. The Bertz CT molecular complexity index is 485. The monoisotopic (exact) mass is 230 g/mol. The first-order chi connectivity index (χ1) is 8.09. The molecule has 17 heavy (non-hydrogen) atoms. The van der Waals surface area contributed by atoms with Crippen molar-refractivity contribution in [3.8, 4) is 5.82 Å². The molecule has 0 atom stereocenters. The number of hydrogen-bond acceptors (Lipinski definition) is 3. The van der Waals surface area contributed by atoms with Crippen LogP contribution in [0.4, 0.5) is 0 Å². The van der Waals surface area contributed by atoms with E-state index in [-0.39, 0.29) is 0 Å². The van der Waals surface area contributed by atoms with E-state index < -0.39 is 0 Å². The maximum atomic E-state index is 4.60. The number of nitrogens with zero attached hydrogens (tertiary/aromatic N) is 4. The molecule has 0 N–H and O–H groups in total. The molecule has 0 bridgehead atoms. The van der Waals surface area contributed by atoms with Gasteiger partial charge in [0.2, 0.25) is 0 Å². The van der Waals surface area contributed by atoms with Gasteiger partial charge >= 0.3 is 0 Å². The second-order valence-corrected chi connectivity index (χ2v) is 4.74. The van der Waals surface area contributed by atoms with Gasteiger partial charge in [0.05, 0.1) is 0 Å². The first kappa shape index (κ1) is 11.8. The van der Waals surface area contributed by atoms with Gasteiger partial charge in [-0.1, -0.05) is 33.8 Å². The van der Waals surface area contributed by atoms with Crippen molar-refractivity contribution in [1.29, 1.82) is 0 Å². The van der Waals surface area contributed by atoms with Crippen LogP contribution in [0.15, 0.2) is 24.4 Å². The van der Waals surface area contributed by atoms with E-state index in [1.54, 1.807) is 6.20 Å². The molecular formula is C13H18N4. The van der Waals surface area contributed by atoms with Crippen LogP contribution >= 0.6 is 0 Å². The minimum atomic E-state index is 0.331. The van der Waals surface area contributed by atoms with Crippen molar-refractivity contribution >= 4 is 0 Å². The molecule has 2 aromatic rings. The van der Waals surface area contributed by atoms with E-state index in [9.17, 15) is 0 Å². The smallest absolute Gasteiger partial charge is 0.155 e. The van der Waals surface area contributed by atoms with Gasteiger partial charge in [-0.15, -0.1) is 5.10 Å². The average molecular weight is 230 g/mol. The number of aromatic nitrogens is 4. The van der Waals surface area contributed by atoms with E-state index in [4.69, 9.17) is 0 Å². The summed E-state index contributed by atoms with van der Waals surface area (Å²) < 4.78 is 1.85. The van der Waals surface area contributed by atoms with Crippen molar-refractivity contribution in [2.75, 3.05) is 0 Å². The summed E-state index contributed by atoms with van der Waals surface area (Å²) >= 11 is 0. The van der Waals surface area contributed by atoms with Gasteiger partial charge in [0.1, 0.15) is 5.82 Å². The summed E-state index contributed by atoms with van der Waals surface area (Å²) in [4.78, 5) is 8.92. The Balaban J connectivity index is 2.52. The van der Waals surface area contributed by atoms with Crippen LogP contribution in [0.25, 0.3) is 5.82 Å². The fraction of sp³-hybridized carbons (Fsp3) is 0.462. The van der Waals surface area contributed by atoms with Crippen molar-refractivity contribution in [2.45, 2.75) is 39.5 Å². The molecule has 0 aliphatic carbocycles. The highest BCUT2D eigenvalue weighted by Crippen LogP contribution is 2.19. The molecule has 0 aromatic carbocycles. The highest BCUT2D eigenvalue weighted by Gasteiger charge is 2.16. The van der Waals surface area contributed by atoms with E-state index in [0.717, 1.165) is 17.5 Å². The first-order valence-corrected chi connectivity index (χ1v) is 5.98. The topological polar surface area (TPSA) is 43.6 Å². The molecule has 4 heteroatoms. The summed E-state index contributed by atoms with van der Waals surface area (Å²) in [5.74, 6) is 3.33. The Labute approximate surface area is 102 Å². The van der Waals surface area contributed by atoms with Crippen molar-refractivity contribution in [3.05, 3.63) is 36.0 Å². The molecule has 0 saturated carbocycles. The predicted octanol–water partition coefficient (Wildman–Crippen LogP) is 2.91. The van der Waals surface area contributed by atoms with Gasteiger partial charge in [0, 0.05) is 18.0 Å². The Morgan fingerprint density at radius 3 is 2.35 bits per heavy atom. The van der Waals surface area contributed by atoms with Gasteiger partial charge in [-0.3, -0.25) is 0 Å². The van der Waals surface area contributed by atoms with Gasteiger partial charge in [-0.25, -0.2) is 9.97 Å². The number of pyridine rings is 1. The van der Waals surface area contributed by atoms with E-state index in [1.165, 1.54) is 0 Å². The predicted molar refractivity (Wildman–Crippen MR) is 67.3 cm³/mol. The largest absolute Gasteiger partial charge is 0.237 e. The lowest BCUT2D eigenvalue weighted by Gasteiger charge is -2.06. The van der Waals surface area contributed by atoms with Gasteiger partial charge in [-0.05, 0) is 12.1 Å². The Morgan fingerprint density at radius 1 is 1.06 bits per heavy atom. The lowest BCUT2D eigenvalue weighted by Crippen LogP contribution is -2.06. The molecular weight excluding hydrogens is 212 g/mol. The van der Waals surface area contributed by atoms with E-state index in [1.807, 2.05) is 22.9 Å². The quantitative estimate of drug-likeness (QED) is 0.814. The summed E-state index contributed by atoms with van der Waals surface area (Å²) in [5, 5.41) is 4.54. The van der Waals surface area contributed by atoms with Crippen LogP contribution in [0, 0.1) is 0 Å². The van der Waals surface area contributed by atoms with Crippen LogP contribution < -0.4 is 0 Å². The maximum absolute atomic E-state index is 4.60. The van der Waals surface area contributed by atoms with Gasteiger partial charge in [-0.2, -0.15) is 4.68 Å². The third-order valence-corrected chi connectivity index (χ3v) is 2.55. The average Bonchev–Trinajstić information content (AvgIpc) is 2.75. The molecule has 0 saturated heterocycles. The molecule has 0 aliphatic heterocycles. The van der Waals surface area contributed by atoms with Crippen molar-refractivity contribution in [1.82, 2.24) is 19.7 Å². The Morgan fingerprint density at radius 2 is 1.82 bits per heavy atom. The van der Waals surface area contributed by atoms with E-state index in [2.05, 4.69) is 42.8 Å². The molecule has 0 unspecified atom stereocenters. The summed E-state index contributed by atoms with van der Waals surface area (Å²) in [7, 11) is 0. The first-order valence-electron chi connectivity index (χ1n) is 5.98. The second kappa shape index (κ2) is 4.65. The maximum Gasteiger partial charge on any atom is 0.155 e. The highest BCUT2D eigenvalue weighted by molar-refractivity contribution is 5.23. The van der Waals surface area contributed by atoms with Crippen LogP contribution in [0.2, 0.25) is 0 Å². The lowest BCUT2D eigenvalue weighted by atomic mass is 10.2. The van der Waals surface area contributed by atoms with Crippen LogP contribution in [-0.2, 0) is 0 Å². The standard InChI is InChI=1S/C13H18N4/c1-9(2)12-15-13(10(3)4)17(16-12)11-7-5-6-8-14-11/h5-10H,1-4H3. The van der Waals surface area contributed by atoms with E-state index in [0.29, 0.717) is 11.8 Å². The zero-order valence-electron chi connectivity index (χ0n) is 10.8. The SMILES string of the molecule is CC(C)c1nc(C(C)C)n(-c2ccccn2)n1. The summed E-state index contributed by atoms with van der Waals surface area (Å²) in [6, 6.07) is 5.81. The third kappa shape index (κ3) is 2.35. The molecule has 0 amide bonds. The summed E-state index contributed by atoms with van der Waals surface area (Å²) in [5.41, 5.74) is 0. The van der Waals surface area contributed by atoms with Crippen LogP contribution in [0.1, 0.15) is 51.2 Å². The van der Waals surface area contributed by atoms with Gasteiger partial charge in [0.15, 0.2) is 11.6 Å². The molecule has 4 nitrogen and oxygen atoms in total. The van der Waals surface area contributed by atoms with Crippen molar-refractivity contribution in [2.24, 2.45) is 0 Å². The molecule has 2 aromatic heterocycles.